The molecule has 1 fully saturated rings. The zero-order valence-corrected chi connectivity index (χ0v) is 21.2. The molecule has 1 aliphatic carbocycles. The number of thiazole rings is 1. The van der Waals surface area contributed by atoms with E-state index in [0.29, 0.717) is 28.1 Å². The van der Waals surface area contributed by atoms with Crippen molar-refractivity contribution in [3.8, 4) is 16.2 Å². The molecule has 1 aliphatic rings. The summed E-state index contributed by atoms with van der Waals surface area (Å²) in [6, 6.07) is 9.37. The van der Waals surface area contributed by atoms with Crippen molar-refractivity contribution in [3.05, 3.63) is 52.9 Å². The topological polar surface area (TPSA) is 80.3 Å². The molecule has 1 aromatic heterocycles. The van der Waals surface area contributed by atoms with Crippen LogP contribution in [0.25, 0.3) is 10.4 Å². The minimum Gasteiger partial charge on any atom is -0.495 e. The van der Waals surface area contributed by atoms with Crippen LogP contribution in [0.5, 0.6) is 5.75 Å². The summed E-state index contributed by atoms with van der Waals surface area (Å²) >= 11 is 7.17. The van der Waals surface area contributed by atoms with Crippen LogP contribution >= 0.6 is 22.9 Å². The Morgan fingerprint density at radius 2 is 2.03 bits per heavy atom. The van der Waals surface area contributed by atoms with Crippen LogP contribution in [0.15, 0.2) is 41.3 Å². The summed E-state index contributed by atoms with van der Waals surface area (Å²) in [4.78, 5) is 18.1. The van der Waals surface area contributed by atoms with Gasteiger partial charge in [-0.05, 0) is 67.6 Å². The monoisotopic (exact) mass is 521 g/mol. The molecule has 1 atom stereocenters. The fourth-order valence-electron chi connectivity index (χ4n) is 4.05. The van der Waals surface area contributed by atoms with Crippen LogP contribution < -0.4 is 14.8 Å². The van der Waals surface area contributed by atoms with Gasteiger partial charge in [0.1, 0.15) is 16.5 Å². The molecule has 0 aliphatic heterocycles. The van der Waals surface area contributed by atoms with Gasteiger partial charge in [0.05, 0.1) is 23.4 Å². The molecule has 34 heavy (non-hydrogen) atoms. The van der Waals surface area contributed by atoms with Crippen LogP contribution in [0.2, 0.25) is 5.02 Å². The lowest BCUT2D eigenvalue weighted by molar-refractivity contribution is -0.117. The van der Waals surface area contributed by atoms with E-state index in [4.69, 9.17) is 16.3 Å². The van der Waals surface area contributed by atoms with Gasteiger partial charge in [0.15, 0.2) is 16.1 Å². The molecule has 1 amide bonds. The molecule has 6 nitrogen and oxygen atoms in total. The molecule has 0 saturated heterocycles. The summed E-state index contributed by atoms with van der Waals surface area (Å²) < 4.78 is 35.3. The lowest BCUT2D eigenvalue weighted by atomic mass is 10.0. The van der Waals surface area contributed by atoms with E-state index in [2.05, 4.69) is 15.0 Å². The molecule has 1 saturated carbocycles. The molecule has 4 rings (SSSR count). The van der Waals surface area contributed by atoms with Crippen LogP contribution in [0.3, 0.4) is 0 Å². The zero-order valence-electron chi connectivity index (χ0n) is 18.8. The highest BCUT2D eigenvalue weighted by molar-refractivity contribution is 7.86. The molecule has 0 spiro atoms. The highest BCUT2D eigenvalue weighted by Gasteiger charge is 2.21. The number of amides is 1. The van der Waals surface area contributed by atoms with Crippen molar-refractivity contribution >= 4 is 50.6 Å². The third-order valence-electron chi connectivity index (χ3n) is 5.75. The second-order valence-corrected chi connectivity index (χ2v) is 10.8. The number of nitrogens with zero attached hydrogens (tertiary/aromatic N) is 1. The maximum absolute atomic E-state index is 14.2. The second kappa shape index (κ2) is 10.8. The third kappa shape index (κ3) is 5.76. The van der Waals surface area contributed by atoms with E-state index in [-0.39, 0.29) is 16.6 Å². The van der Waals surface area contributed by atoms with Crippen molar-refractivity contribution in [1.82, 2.24) is 4.98 Å². The molecule has 180 valence electrons. The average molecular weight is 522 g/mol. The predicted molar refractivity (Wildman–Crippen MR) is 135 cm³/mol. The van der Waals surface area contributed by atoms with Crippen molar-refractivity contribution in [2.45, 2.75) is 43.9 Å². The maximum Gasteiger partial charge on any atom is 0.226 e. The van der Waals surface area contributed by atoms with E-state index >= 15 is 0 Å². The number of anilines is 2. The summed E-state index contributed by atoms with van der Waals surface area (Å²) in [5.74, 6) is 0.235. The molecular formula is C24H25ClFN3O3S2. The quantitative estimate of drug-likeness (QED) is 0.351. The molecule has 10 heteroatoms. The molecule has 1 heterocycles. The Bertz CT molecular complexity index is 1230. The number of halogens is 2. The summed E-state index contributed by atoms with van der Waals surface area (Å²) in [7, 11) is -0.322. The summed E-state index contributed by atoms with van der Waals surface area (Å²) in [6.07, 6.45) is 5.12. The van der Waals surface area contributed by atoms with Gasteiger partial charge in [0.2, 0.25) is 5.91 Å². The van der Waals surface area contributed by atoms with Gasteiger partial charge < -0.3 is 10.1 Å². The largest absolute Gasteiger partial charge is 0.495 e. The van der Waals surface area contributed by atoms with Crippen LogP contribution in [-0.2, 0) is 15.8 Å². The number of hydrogen-bond acceptors (Lipinski definition) is 5. The second-order valence-electron chi connectivity index (χ2n) is 8.20. The smallest absolute Gasteiger partial charge is 0.226 e. The van der Waals surface area contributed by atoms with Gasteiger partial charge in [-0.1, -0.05) is 35.8 Å². The first-order chi connectivity index (χ1) is 16.3. The van der Waals surface area contributed by atoms with E-state index in [0.717, 1.165) is 35.0 Å². The Kier molecular flexibility index (Phi) is 7.85. The average Bonchev–Trinajstić information content (AvgIpc) is 3.44. The lowest BCUT2D eigenvalue weighted by Crippen LogP contribution is -2.14. The highest BCUT2D eigenvalue weighted by atomic mass is 35.5. The molecular weight excluding hydrogens is 497 g/mol. The number of carbonyl (C=O) groups excluding carboxylic acids is 1. The number of aryl methyl sites for hydroxylation is 1. The van der Waals surface area contributed by atoms with Gasteiger partial charge in [-0.2, -0.15) is 0 Å². The SMILES string of the molecule is COc1ccc(-c2sc(NC(=O)CC3CCCC3)nc2C)cc1S(=O)Nc1ccc(Cl)cc1F. The van der Waals surface area contributed by atoms with Gasteiger partial charge >= 0.3 is 0 Å². The number of nitrogens with one attached hydrogen (secondary N) is 2. The minimum absolute atomic E-state index is 0.0158. The van der Waals surface area contributed by atoms with E-state index in [1.165, 1.54) is 43.4 Å². The van der Waals surface area contributed by atoms with Crippen LogP contribution in [0.4, 0.5) is 15.2 Å². The number of rotatable bonds is 8. The highest BCUT2D eigenvalue weighted by Crippen LogP contribution is 2.37. The van der Waals surface area contributed by atoms with Crippen molar-refractivity contribution in [3.63, 3.8) is 0 Å². The van der Waals surface area contributed by atoms with E-state index < -0.39 is 16.8 Å². The number of aromatic nitrogens is 1. The first-order valence-corrected chi connectivity index (χ1v) is 13.3. The molecule has 3 aromatic rings. The van der Waals surface area contributed by atoms with Gasteiger partial charge in [-0.25, -0.2) is 13.6 Å². The van der Waals surface area contributed by atoms with Crippen molar-refractivity contribution < 1.29 is 18.1 Å². The molecule has 1 unspecified atom stereocenters. The van der Waals surface area contributed by atoms with E-state index in [1.54, 1.807) is 12.1 Å². The predicted octanol–water partition coefficient (Wildman–Crippen LogP) is 6.57. The Morgan fingerprint density at radius 3 is 2.74 bits per heavy atom. The first kappa shape index (κ1) is 24.6. The number of carbonyl (C=O) groups is 1. The standard InChI is InChI=1S/C24H25ClFN3O3S2/c1-14-23(33-24(27-14)28-22(30)11-15-5-3-4-6-15)16-7-10-20(32-2)21(12-16)34(31)29-19-9-8-17(25)13-18(19)26/h7-10,12-13,15,29H,3-6,11H2,1-2H3,(H,27,28,30). The third-order valence-corrected chi connectivity index (χ3v) is 8.23. The van der Waals surface area contributed by atoms with Crippen molar-refractivity contribution in [2.24, 2.45) is 5.92 Å². The van der Waals surface area contributed by atoms with Crippen molar-refractivity contribution in [2.75, 3.05) is 17.1 Å². The fourth-order valence-corrected chi connectivity index (χ4v) is 6.24. The minimum atomic E-state index is -1.80. The van der Waals surface area contributed by atoms with Gasteiger partial charge in [0, 0.05) is 11.4 Å². The van der Waals surface area contributed by atoms with Crippen molar-refractivity contribution in [1.29, 1.82) is 0 Å². The Hall–Kier alpha value is -2.49. The Labute approximate surface area is 209 Å². The zero-order chi connectivity index (χ0) is 24.2. The lowest BCUT2D eigenvalue weighted by Gasteiger charge is -2.12. The number of hydrogen-bond donors (Lipinski definition) is 2. The molecule has 0 radical (unpaired) electrons. The summed E-state index contributed by atoms with van der Waals surface area (Å²) in [6.45, 7) is 1.86. The fraction of sp³-hybridized carbons (Fsp3) is 0.333. The first-order valence-electron chi connectivity index (χ1n) is 10.9. The van der Waals surface area contributed by atoms with Crippen LogP contribution in [0, 0.1) is 18.7 Å². The van der Waals surface area contributed by atoms with Gasteiger partial charge in [-0.15, -0.1) is 0 Å². The molecule has 0 bridgehead atoms. The van der Waals surface area contributed by atoms with Gasteiger partial charge in [-0.3, -0.25) is 9.52 Å². The number of ether oxygens (including phenoxy) is 1. The maximum atomic E-state index is 14.2. The number of methoxy groups -OCH3 is 1. The normalized spacial score (nSPS) is 14.7. The summed E-state index contributed by atoms with van der Waals surface area (Å²) in [5, 5.41) is 3.71. The summed E-state index contributed by atoms with van der Waals surface area (Å²) in [5.41, 5.74) is 1.59. The molecule has 2 aromatic carbocycles. The Balaban J connectivity index is 1.55. The van der Waals surface area contributed by atoms with Crippen LogP contribution in [-0.4, -0.2) is 22.2 Å². The number of benzene rings is 2. The van der Waals surface area contributed by atoms with Crippen LogP contribution in [0.1, 0.15) is 37.8 Å². The molecule has 2 N–H and O–H groups in total. The Morgan fingerprint density at radius 1 is 1.26 bits per heavy atom. The van der Waals surface area contributed by atoms with Gasteiger partial charge in [0.25, 0.3) is 0 Å². The van der Waals surface area contributed by atoms with E-state index in [9.17, 15) is 13.4 Å². The van der Waals surface area contributed by atoms with E-state index in [1.807, 2.05) is 13.0 Å².